The van der Waals surface area contributed by atoms with E-state index < -0.39 is 27.8 Å². The van der Waals surface area contributed by atoms with E-state index in [1.54, 1.807) is 32.1 Å². The number of anilines is 1. The minimum absolute atomic E-state index is 0.0715. The third-order valence-electron chi connectivity index (χ3n) is 5.73. The molecule has 0 aliphatic rings. The summed E-state index contributed by atoms with van der Waals surface area (Å²) in [5.74, 6) is 0.373. The third kappa shape index (κ3) is 7.53. The fourth-order valence-electron chi connectivity index (χ4n) is 4.01. The molecule has 1 atom stereocenters. The Morgan fingerprint density at radius 1 is 1.05 bits per heavy atom. The van der Waals surface area contributed by atoms with E-state index in [4.69, 9.17) is 9.47 Å². The van der Waals surface area contributed by atoms with Gasteiger partial charge in [0.05, 0.1) is 31.1 Å². The van der Waals surface area contributed by atoms with Crippen LogP contribution in [0.4, 0.5) is 10.5 Å². The van der Waals surface area contributed by atoms with Crippen LogP contribution in [-0.2, 0) is 14.8 Å². The summed E-state index contributed by atoms with van der Waals surface area (Å²) in [4.78, 5) is 14.3. The molecule has 208 valence electrons. The number of carbonyl (C=O) groups excluding carboxylic acids is 1. The monoisotopic (exact) mass is 572 g/mol. The number of sulfonamides is 1. The molecule has 3 N–H and O–H groups in total. The standard InChI is InChI=1S/C28H32N2O7S2/c1-28(2,3)37-27(33)30(17-24(32)18-9-12-23(31)22(15-18)29-39(4,34)35)13-14-36-19-10-11-21-20-7-5-6-8-25(20)38-26(21)16-19/h5-12,15-16,24,29,31-32H,13-14,17H2,1-4H3/t24-/m0/s1. The Morgan fingerprint density at radius 2 is 1.77 bits per heavy atom. The molecule has 1 heterocycles. The second-order valence-electron chi connectivity index (χ2n) is 10.2. The van der Waals surface area contributed by atoms with Crippen molar-refractivity contribution in [2.24, 2.45) is 0 Å². The topological polar surface area (TPSA) is 125 Å². The van der Waals surface area contributed by atoms with Crippen LogP contribution in [0.2, 0.25) is 0 Å². The number of hydrogen-bond acceptors (Lipinski definition) is 8. The number of phenols is 1. The molecule has 0 saturated heterocycles. The number of aliphatic hydroxyl groups excluding tert-OH is 1. The van der Waals surface area contributed by atoms with Gasteiger partial charge in [-0.2, -0.15) is 0 Å². The van der Waals surface area contributed by atoms with Gasteiger partial charge >= 0.3 is 6.09 Å². The van der Waals surface area contributed by atoms with Gasteiger partial charge in [0.15, 0.2) is 0 Å². The number of aliphatic hydroxyl groups is 1. The maximum atomic E-state index is 13.0. The predicted octanol–water partition coefficient (Wildman–Crippen LogP) is 5.48. The highest BCUT2D eigenvalue weighted by Gasteiger charge is 2.25. The van der Waals surface area contributed by atoms with Crippen molar-refractivity contribution in [2.75, 3.05) is 30.7 Å². The number of nitrogens with zero attached hydrogens (tertiary/aromatic N) is 1. The lowest BCUT2D eigenvalue weighted by Crippen LogP contribution is -2.41. The molecule has 4 rings (SSSR count). The van der Waals surface area contributed by atoms with E-state index in [1.807, 2.05) is 30.3 Å². The molecule has 0 aliphatic heterocycles. The van der Waals surface area contributed by atoms with Crippen LogP contribution < -0.4 is 9.46 Å². The minimum atomic E-state index is -3.65. The Morgan fingerprint density at radius 3 is 2.49 bits per heavy atom. The minimum Gasteiger partial charge on any atom is -0.506 e. The highest BCUT2D eigenvalue weighted by molar-refractivity contribution is 7.92. The second kappa shape index (κ2) is 11.3. The number of benzene rings is 3. The number of nitrogens with one attached hydrogen (secondary N) is 1. The number of amides is 1. The number of rotatable bonds is 9. The van der Waals surface area contributed by atoms with Gasteiger partial charge in [-0.05, 0) is 62.7 Å². The van der Waals surface area contributed by atoms with Crippen molar-refractivity contribution < 1.29 is 32.9 Å². The van der Waals surface area contributed by atoms with Crippen LogP contribution in [0, 0.1) is 0 Å². The normalized spacial score (nSPS) is 12.8. The molecule has 4 aromatic rings. The molecule has 0 spiro atoms. The van der Waals surface area contributed by atoms with Gasteiger partial charge in [0.1, 0.15) is 23.7 Å². The van der Waals surface area contributed by atoms with E-state index in [2.05, 4.69) is 16.9 Å². The summed E-state index contributed by atoms with van der Waals surface area (Å²) in [5, 5.41) is 23.3. The first-order valence-corrected chi connectivity index (χ1v) is 15.0. The summed E-state index contributed by atoms with van der Waals surface area (Å²) in [7, 11) is -3.65. The quantitative estimate of drug-likeness (QED) is 0.227. The van der Waals surface area contributed by atoms with Gasteiger partial charge in [0.25, 0.3) is 0 Å². The average Bonchev–Trinajstić information content (AvgIpc) is 3.20. The number of aromatic hydroxyl groups is 1. The molecule has 9 nitrogen and oxygen atoms in total. The lowest BCUT2D eigenvalue weighted by atomic mass is 10.1. The van der Waals surface area contributed by atoms with E-state index >= 15 is 0 Å². The zero-order valence-electron chi connectivity index (χ0n) is 22.2. The Hall–Kier alpha value is -3.54. The predicted molar refractivity (Wildman–Crippen MR) is 154 cm³/mol. The molecular weight excluding hydrogens is 540 g/mol. The smallest absolute Gasteiger partial charge is 0.410 e. The van der Waals surface area contributed by atoms with Crippen LogP contribution in [-0.4, -0.2) is 61.2 Å². The SMILES string of the molecule is CC(C)(C)OC(=O)N(CCOc1ccc2c(c1)sc1ccccc12)C[C@H](O)c1ccc(O)c(NS(C)(=O)=O)c1. The maximum Gasteiger partial charge on any atom is 0.410 e. The van der Waals surface area contributed by atoms with Crippen LogP contribution in [0.5, 0.6) is 11.5 Å². The first kappa shape index (κ1) is 28.5. The van der Waals surface area contributed by atoms with Crippen molar-refractivity contribution in [1.82, 2.24) is 4.90 Å². The van der Waals surface area contributed by atoms with Gasteiger partial charge in [0.2, 0.25) is 10.0 Å². The lowest BCUT2D eigenvalue weighted by molar-refractivity contribution is 0.0117. The van der Waals surface area contributed by atoms with Gasteiger partial charge in [-0.1, -0.05) is 24.3 Å². The number of thiophene rings is 1. The summed E-state index contributed by atoms with van der Waals surface area (Å²) >= 11 is 1.68. The first-order chi connectivity index (χ1) is 18.3. The molecule has 0 fully saturated rings. The summed E-state index contributed by atoms with van der Waals surface area (Å²) in [6.45, 7) is 5.39. The van der Waals surface area contributed by atoms with E-state index in [1.165, 1.54) is 33.2 Å². The molecule has 3 aromatic carbocycles. The van der Waals surface area contributed by atoms with Gasteiger partial charge in [0, 0.05) is 20.2 Å². The van der Waals surface area contributed by atoms with Gasteiger partial charge in [-0.3, -0.25) is 4.72 Å². The van der Waals surface area contributed by atoms with E-state index in [0.717, 1.165) is 16.3 Å². The number of phenolic OH excluding ortho intramolecular Hbond substituents is 1. The molecule has 0 aliphatic carbocycles. The van der Waals surface area contributed by atoms with Crippen molar-refractivity contribution >= 4 is 53.3 Å². The fourth-order valence-corrected chi connectivity index (χ4v) is 5.71. The van der Waals surface area contributed by atoms with Crippen molar-refractivity contribution in [2.45, 2.75) is 32.5 Å². The van der Waals surface area contributed by atoms with Gasteiger partial charge < -0.3 is 24.6 Å². The highest BCUT2D eigenvalue weighted by atomic mass is 32.2. The van der Waals surface area contributed by atoms with Crippen LogP contribution >= 0.6 is 11.3 Å². The number of carbonyl (C=O) groups is 1. The molecule has 0 bridgehead atoms. The molecule has 1 aromatic heterocycles. The molecular formula is C28H32N2O7S2. The zero-order valence-corrected chi connectivity index (χ0v) is 23.8. The van der Waals surface area contributed by atoms with Crippen LogP contribution in [0.3, 0.4) is 0 Å². The van der Waals surface area contributed by atoms with E-state index in [-0.39, 0.29) is 31.1 Å². The summed E-state index contributed by atoms with van der Waals surface area (Å²) in [6, 6.07) is 18.1. The van der Waals surface area contributed by atoms with Crippen LogP contribution in [0.15, 0.2) is 60.7 Å². The van der Waals surface area contributed by atoms with Crippen molar-refractivity contribution in [3.05, 3.63) is 66.2 Å². The number of hydrogen-bond donors (Lipinski definition) is 3. The highest BCUT2D eigenvalue weighted by Crippen LogP contribution is 2.35. The Bertz CT molecular complexity index is 1590. The maximum absolute atomic E-state index is 13.0. The number of ether oxygens (including phenoxy) is 2. The molecule has 39 heavy (non-hydrogen) atoms. The van der Waals surface area contributed by atoms with Gasteiger partial charge in [-0.25, -0.2) is 13.2 Å². The van der Waals surface area contributed by atoms with E-state index in [0.29, 0.717) is 11.3 Å². The Balaban J connectivity index is 1.47. The molecule has 0 saturated carbocycles. The van der Waals surface area contributed by atoms with Crippen molar-refractivity contribution in [1.29, 1.82) is 0 Å². The largest absolute Gasteiger partial charge is 0.506 e. The fraction of sp³-hybridized carbons (Fsp3) is 0.321. The van der Waals surface area contributed by atoms with Gasteiger partial charge in [-0.15, -0.1) is 11.3 Å². The van der Waals surface area contributed by atoms with Crippen LogP contribution in [0.25, 0.3) is 20.2 Å². The third-order valence-corrected chi connectivity index (χ3v) is 7.45. The first-order valence-electron chi connectivity index (χ1n) is 12.3. The molecule has 1 amide bonds. The van der Waals surface area contributed by atoms with Crippen LogP contribution in [0.1, 0.15) is 32.4 Å². The summed E-state index contributed by atoms with van der Waals surface area (Å²) < 4.78 is 39.2. The zero-order chi connectivity index (χ0) is 28.4. The summed E-state index contributed by atoms with van der Waals surface area (Å²) in [6.07, 6.45) is -0.857. The average molecular weight is 573 g/mol. The number of fused-ring (bicyclic) bond motifs is 3. The molecule has 0 radical (unpaired) electrons. The Labute approximate surface area is 231 Å². The summed E-state index contributed by atoms with van der Waals surface area (Å²) in [5.41, 5.74) is -0.514. The molecule has 11 heteroatoms. The van der Waals surface area contributed by atoms with E-state index in [9.17, 15) is 23.4 Å². The van der Waals surface area contributed by atoms with Crippen molar-refractivity contribution in [3.63, 3.8) is 0 Å². The molecule has 0 unspecified atom stereocenters. The lowest BCUT2D eigenvalue weighted by Gasteiger charge is -2.29. The Kier molecular flexibility index (Phi) is 8.24. The second-order valence-corrected chi connectivity index (χ2v) is 13.0. The van der Waals surface area contributed by atoms with Crippen molar-refractivity contribution in [3.8, 4) is 11.5 Å².